The SMILES string of the molecule is CN(CCCn1ccnc1)CC1CCCCN1. The van der Waals surface area contributed by atoms with Gasteiger partial charge in [0.25, 0.3) is 0 Å². The molecule has 4 heteroatoms. The highest BCUT2D eigenvalue weighted by atomic mass is 15.1. The Morgan fingerprint density at radius 3 is 3.12 bits per heavy atom. The summed E-state index contributed by atoms with van der Waals surface area (Å²) < 4.78 is 2.15. The number of aryl methyl sites for hydroxylation is 1. The van der Waals surface area contributed by atoms with Gasteiger partial charge in [-0.05, 0) is 39.4 Å². The minimum atomic E-state index is 0.710. The summed E-state index contributed by atoms with van der Waals surface area (Å²) >= 11 is 0. The molecule has 2 heterocycles. The lowest BCUT2D eigenvalue weighted by molar-refractivity contribution is 0.256. The highest BCUT2D eigenvalue weighted by molar-refractivity contribution is 4.76. The average Bonchev–Trinajstić information content (AvgIpc) is 2.83. The molecular formula is C13H24N4. The number of imidazole rings is 1. The van der Waals surface area contributed by atoms with Gasteiger partial charge >= 0.3 is 0 Å². The molecule has 2 rings (SSSR count). The first-order chi connectivity index (χ1) is 8.34. The molecular weight excluding hydrogens is 212 g/mol. The molecule has 1 aromatic rings. The summed E-state index contributed by atoms with van der Waals surface area (Å²) in [6.45, 7) is 4.62. The molecule has 0 spiro atoms. The zero-order valence-corrected chi connectivity index (χ0v) is 10.8. The lowest BCUT2D eigenvalue weighted by Gasteiger charge is -2.28. The van der Waals surface area contributed by atoms with E-state index in [1.807, 2.05) is 18.7 Å². The monoisotopic (exact) mass is 236 g/mol. The predicted molar refractivity (Wildman–Crippen MR) is 70.0 cm³/mol. The molecule has 0 bridgehead atoms. The van der Waals surface area contributed by atoms with Gasteiger partial charge in [-0.2, -0.15) is 0 Å². The van der Waals surface area contributed by atoms with E-state index in [1.165, 1.54) is 38.8 Å². The maximum Gasteiger partial charge on any atom is 0.0945 e. The molecule has 1 aromatic heterocycles. The fourth-order valence-corrected chi connectivity index (χ4v) is 2.49. The summed E-state index contributed by atoms with van der Waals surface area (Å²) in [6, 6.07) is 0.710. The summed E-state index contributed by atoms with van der Waals surface area (Å²) in [6.07, 6.45) is 11.0. The van der Waals surface area contributed by atoms with Crippen molar-refractivity contribution in [2.75, 3.05) is 26.7 Å². The van der Waals surface area contributed by atoms with E-state index < -0.39 is 0 Å². The van der Waals surface area contributed by atoms with Gasteiger partial charge in [0.2, 0.25) is 0 Å². The zero-order chi connectivity index (χ0) is 11.9. The number of nitrogens with one attached hydrogen (secondary N) is 1. The summed E-state index contributed by atoms with van der Waals surface area (Å²) in [4.78, 5) is 6.50. The molecule has 1 aliphatic rings. The van der Waals surface area contributed by atoms with Crippen LogP contribution >= 0.6 is 0 Å². The number of rotatable bonds is 6. The van der Waals surface area contributed by atoms with E-state index >= 15 is 0 Å². The second-order valence-electron chi connectivity index (χ2n) is 5.06. The molecule has 4 nitrogen and oxygen atoms in total. The van der Waals surface area contributed by atoms with Gasteiger partial charge in [-0.3, -0.25) is 0 Å². The molecule has 1 N–H and O–H groups in total. The Balaban J connectivity index is 1.58. The smallest absolute Gasteiger partial charge is 0.0945 e. The number of nitrogens with zero attached hydrogens (tertiary/aromatic N) is 3. The zero-order valence-electron chi connectivity index (χ0n) is 10.8. The third-order valence-corrected chi connectivity index (χ3v) is 3.46. The van der Waals surface area contributed by atoms with Crippen molar-refractivity contribution in [3.05, 3.63) is 18.7 Å². The van der Waals surface area contributed by atoms with Crippen LogP contribution < -0.4 is 5.32 Å². The van der Waals surface area contributed by atoms with Crippen LogP contribution in [0.25, 0.3) is 0 Å². The molecule has 0 aromatic carbocycles. The van der Waals surface area contributed by atoms with Gasteiger partial charge in [0.15, 0.2) is 0 Å². The number of hydrogen-bond acceptors (Lipinski definition) is 3. The van der Waals surface area contributed by atoms with E-state index in [-0.39, 0.29) is 0 Å². The highest BCUT2D eigenvalue weighted by Gasteiger charge is 2.13. The Labute approximate surface area is 104 Å². The van der Waals surface area contributed by atoms with Crippen LogP contribution in [-0.2, 0) is 6.54 Å². The number of piperidine rings is 1. The van der Waals surface area contributed by atoms with Crippen molar-refractivity contribution in [2.45, 2.75) is 38.3 Å². The molecule has 1 unspecified atom stereocenters. The van der Waals surface area contributed by atoms with Crippen molar-refractivity contribution in [3.8, 4) is 0 Å². The van der Waals surface area contributed by atoms with Crippen LogP contribution in [0.3, 0.4) is 0 Å². The van der Waals surface area contributed by atoms with E-state index in [4.69, 9.17) is 0 Å². The lowest BCUT2D eigenvalue weighted by Crippen LogP contribution is -2.42. The van der Waals surface area contributed by atoms with Crippen LogP contribution in [0.5, 0.6) is 0 Å². The topological polar surface area (TPSA) is 33.1 Å². The van der Waals surface area contributed by atoms with Gasteiger partial charge in [-0.1, -0.05) is 6.42 Å². The van der Waals surface area contributed by atoms with Gasteiger partial charge in [-0.25, -0.2) is 4.98 Å². The van der Waals surface area contributed by atoms with Crippen molar-refractivity contribution < 1.29 is 0 Å². The molecule has 1 fully saturated rings. The second kappa shape index (κ2) is 6.77. The van der Waals surface area contributed by atoms with Gasteiger partial charge in [0.1, 0.15) is 0 Å². The molecule has 1 saturated heterocycles. The Morgan fingerprint density at radius 2 is 2.41 bits per heavy atom. The minimum absolute atomic E-state index is 0.710. The van der Waals surface area contributed by atoms with Crippen LogP contribution in [0.15, 0.2) is 18.7 Å². The minimum Gasteiger partial charge on any atom is -0.337 e. The van der Waals surface area contributed by atoms with Crippen LogP contribution in [0.4, 0.5) is 0 Å². The third-order valence-electron chi connectivity index (χ3n) is 3.46. The quantitative estimate of drug-likeness (QED) is 0.809. The van der Waals surface area contributed by atoms with Crippen LogP contribution in [-0.4, -0.2) is 47.2 Å². The van der Waals surface area contributed by atoms with Crippen molar-refractivity contribution in [2.24, 2.45) is 0 Å². The Morgan fingerprint density at radius 1 is 1.47 bits per heavy atom. The van der Waals surface area contributed by atoms with E-state index in [0.717, 1.165) is 13.1 Å². The maximum absolute atomic E-state index is 4.05. The van der Waals surface area contributed by atoms with Crippen molar-refractivity contribution in [3.63, 3.8) is 0 Å². The lowest BCUT2D eigenvalue weighted by atomic mass is 10.0. The molecule has 1 aliphatic heterocycles. The number of hydrogen-bond donors (Lipinski definition) is 1. The number of likely N-dealkylation sites (N-methyl/N-ethyl adjacent to an activating group) is 1. The fraction of sp³-hybridized carbons (Fsp3) is 0.769. The van der Waals surface area contributed by atoms with E-state index in [2.05, 4.69) is 26.8 Å². The molecule has 1 atom stereocenters. The average molecular weight is 236 g/mol. The Kier molecular flexibility index (Phi) is 5.01. The van der Waals surface area contributed by atoms with Crippen molar-refractivity contribution in [1.29, 1.82) is 0 Å². The van der Waals surface area contributed by atoms with Gasteiger partial charge in [0, 0.05) is 31.5 Å². The molecule has 0 amide bonds. The first-order valence-corrected chi connectivity index (χ1v) is 6.72. The van der Waals surface area contributed by atoms with Crippen molar-refractivity contribution >= 4 is 0 Å². The summed E-state index contributed by atoms with van der Waals surface area (Å²) in [5, 5.41) is 3.60. The van der Waals surface area contributed by atoms with Gasteiger partial charge in [0.05, 0.1) is 6.33 Å². The molecule has 17 heavy (non-hydrogen) atoms. The standard InChI is InChI=1S/C13H24N4/c1-16(11-13-5-2-3-6-15-13)8-4-9-17-10-7-14-12-17/h7,10,12-13,15H,2-6,8-9,11H2,1H3. The first-order valence-electron chi connectivity index (χ1n) is 6.72. The summed E-state index contributed by atoms with van der Waals surface area (Å²) in [5.41, 5.74) is 0. The molecule has 0 aliphatic carbocycles. The van der Waals surface area contributed by atoms with Crippen LogP contribution in [0, 0.1) is 0 Å². The molecule has 0 radical (unpaired) electrons. The third kappa shape index (κ3) is 4.48. The largest absolute Gasteiger partial charge is 0.337 e. The molecule has 0 saturated carbocycles. The van der Waals surface area contributed by atoms with E-state index in [1.54, 1.807) is 0 Å². The second-order valence-corrected chi connectivity index (χ2v) is 5.06. The van der Waals surface area contributed by atoms with Crippen molar-refractivity contribution in [1.82, 2.24) is 19.8 Å². The fourth-order valence-electron chi connectivity index (χ4n) is 2.49. The normalized spacial score (nSPS) is 20.9. The Bertz CT molecular complexity index is 290. The van der Waals surface area contributed by atoms with Crippen LogP contribution in [0.1, 0.15) is 25.7 Å². The van der Waals surface area contributed by atoms with Crippen LogP contribution in [0.2, 0.25) is 0 Å². The first kappa shape index (κ1) is 12.6. The van der Waals surface area contributed by atoms with Gasteiger partial charge < -0.3 is 14.8 Å². The number of aromatic nitrogens is 2. The molecule has 96 valence electrons. The predicted octanol–water partition coefficient (Wildman–Crippen LogP) is 1.35. The maximum atomic E-state index is 4.05. The van der Waals surface area contributed by atoms with E-state index in [9.17, 15) is 0 Å². The Hall–Kier alpha value is -0.870. The summed E-state index contributed by atoms with van der Waals surface area (Å²) in [5.74, 6) is 0. The highest BCUT2D eigenvalue weighted by Crippen LogP contribution is 2.08. The van der Waals surface area contributed by atoms with Gasteiger partial charge in [-0.15, -0.1) is 0 Å². The summed E-state index contributed by atoms with van der Waals surface area (Å²) in [7, 11) is 2.23. The van der Waals surface area contributed by atoms with E-state index in [0.29, 0.717) is 6.04 Å².